The molecule has 0 aliphatic carbocycles. The van der Waals surface area contributed by atoms with Gasteiger partial charge in [-0.3, -0.25) is 9.35 Å². The predicted octanol–water partition coefficient (Wildman–Crippen LogP) is 5.08. The third kappa shape index (κ3) is 30.8. The maximum Gasteiger partial charge on any atom is 0.0152 e. The predicted molar refractivity (Wildman–Crippen MR) is 89.0 cm³/mol. The SMILES string of the molecule is CCCCCCCCCCCCCC(C)C.NS(=O)[O-]. The number of rotatable bonds is 12. The van der Waals surface area contributed by atoms with E-state index in [1.165, 1.54) is 77.0 Å². The lowest BCUT2D eigenvalue weighted by Crippen LogP contribution is -1.97. The molecular formula is C16H36NO2S-. The van der Waals surface area contributed by atoms with Crippen molar-refractivity contribution in [3.63, 3.8) is 0 Å². The van der Waals surface area contributed by atoms with Gasteiger partial charge in [0.15, 0.2) is 0 Å². The van der Waals surface area contributed by atoms with Crippen LogP contribution in [0.1, 0.15) is 97.8 Å². The van der Waals surface area contributed by atoms with Crippen molar-refractivity contribution in [3.05, 3.63) is 0 Å². The molecule has 0 bridgehead atoms. The number of nitrogens with two attached hydrogens (primary N) is 1. The first kappa shape index (κ1) is 22.4. The van der Waals surface area contributed by atoms with Crippen molar-refractivity contribution in [2.75, 3.05) is 0 Å². The van der Waals surface area contributed by atoms with E-state index in [9.17, 15) is 0 Å². The standard InChI is InChI=1S/C16H34.H3NO2S/c1-4-5-6-7-8-9-10-11-12-13-14-15-16(2)3;1-4(2)3/h16H,4-15H2,1-3H3;1H2,(H,2,3)/p-1. The summed E-state index contributed by atoms with van der Waals surface area (Å²) in [5.41, 5.74) is 0. The summed E-state index contributed by atoms with van der Waals surface area (Å²) in [5.74, 6) is 0.901. The van der Waals surface area contributed by atoms with E-state index in [0.29, 0.717) is 0 Å². The molecule has 0 saturated heterocycles. The van der Waals surface area contributed by atoms with Crippen LogP contribution in [0.3, 0.4) is 0 Å². The Hall–Kier alpha value is 0.0700. The molecule has 0 radical (unpaired) electrons. The molecule has 0 aromatic heterocycles. The van der Waals surface area contributed by atoms with E-state index >= 15 is 0 Å². The van der Waals surface area contributed by atoms with Gasteiger partial charge in [-0.2, -0.15) is 0 Å². The van der Waals surface area contributed by atoms with Crippen LogP contribution in [0.25, 0.3) is 0 Å². The Labute approximate surface area is 129 Å². The highest BCUT2D eigenvalue weighted by Gasteiger charge is 1.95. The molecule has 2 N–H and O–H groups in total. The number of unbranched alkanes of at least 4 members (excludes halogenated alkanes) is 10. The molecule has 124 valence electrons. The van der Waals surface area contributed by atoms with Crippen molar-refractivity contribution in [2.45, 2.75) is 97.8 Å². The van der Waals surface area contributed by atoms with Gasteiger partial charge in [-0.15, -0.1) is 0 Å². The van der Waals surface area contributed by atoms with Crippen LogP contribution >= 0.6 is 0 Å². The Kier molecular flexibility index (Phi) is 21.3. The van der Waals surface area contributed by atoms with E-state index in [1.807, 2.05) is 0 Å². The van der Waals surface area contributed by atoms with Gasteiger partial charge >= 0.3 is 0 Å². The fraction of sp³-hybridized carbons (Fsp3) is 1.00. The summed E-state index contributed by atoms with van der Waals surface area (Å²) < 4.78 is 17.6. The highest BCUT2D eigenvalue weighted by atomic mass is 32.2. The highest BCUT2D eigenvalue weighted by Crippen LogP contribution is 2.13. The van der Waals surface area contributed by atoms with Gasteiger partial charge in [-0.1, -0.05) is 97.8 Å². The molecule has 20 heavy (non-hydrogen) atoms. The molecule has 0 heterocycles. The van der Waals surface area contributed by atoms with E-state index in [4.69, 9.17) is 8.76 Å². The summed E-state index contributed by atoms with van der Waals surface area (Å²) >= 11 is -2.36. The quantitative estimate of drug-likeness (QED) is 0.403. The molecule has 0 fully saturated rings. The second-order valence-electron chi connectivity index (χ2n) is 5.98. The molecular weight excluding hydrogens is 270 g/mol. The molecule has 0 saturated carbocycles. The third-order valence-electron chi connectivity index (χ3n) is 3.39. The first-order chi connectivity index (χ1) is 9.50. The van der Waals surface area contributed by atoms with Crippen LogP contribution in [0, 0.1) is 5.92 Å². The Morgan fingerprint density at radius 1 is 0.850 bits per heavy atom. The molecule has 1 atom stereocenters. The lowest BCUT2D eigenvalue weighted by atomic mass is 10.0. The maximum absolute atomic E-state index is 8.78. The van der Waals surface area contributed by atoms with E-state index in [1.54, 1.807) is 0 Å². The van der Waals surface area contributed by atoms with Crippen LogP contribution in [0.15, 0.2) is 0 Å². The van der Waals surface area contributed by atoms with E-state index in [-0.39, 0.29) is 0 Å². The second kappa shape index (κ2) is 19.1. The summed E-state index contributed by atoms with van der Waals surface area (Å²) in [4.78, 5) is 0. The molecule has 1 unspecified atom stereocenters. The minimum absolute atomic E-state index is 0.901. The number of hydrogen-bond acceptors (Lipinski definition) is 2. The van der Waals surface area contributed by atoms with Crippen LogP contribution in [0.5, 0.6) is 0 Å². The molecule has 3 nitrogen and oxygen atoms in total. The molecule has 0 spiro atoms. The fourth-order valence-corrected chi connectivity index (χ4v) is 2.22. The topological polar surface area (TPSA) is 66.2 Å². The van der Waals surface area contributed by atoms with Gasteiger partial charge in [0.05, 0.1) is 0 Å². The average Bonchev–Trinajstić information content (AvgIpc) is 2.35. The maximum atomic E-state index is 8.78. The van der Waals surface area contributed by atoms with Gasteiger partial charge in [-0.05, 0) is 5.92 Å². The molecule has 0 aliphatic heterocycles. The monoisotopic (exact) mass is 306 g/mol. The summed E-state index contributed by atoms with van der Waals surface area (Å²) in [7, 11) is 0. The summed E-state index contributed by atoms with van der Waals surface area (Å²) in [6.45, 7) is 6.95. The first-order valence-corrected chi connectivity index (χ1v) is 9.48. The summed E-state index contributed by atoms with van der Waals surface area (Å²) in [6.07, 6.45) is 17.5. The van der Waals surface area contributed by atoms with Crippen LogP contribution in [0.4, 0.5) is 0 Å². The van der Waals surface area contributed by atoms with Crippen LogP contribution in [0.2, 0.25) is 0 Å². The fourth-order valence-electron chi connectivity index (χ4n) is 2.22. The van der Waals surface area contributed by atoms with Gasteiger partial charge in [0.25, 0.3) is 0 Å². The normalized spacial score (nSPS) is 12.1. The second-order valence-corrected chi connectivity index (χ2v) is 6.50. The van der Waals surface area contributed by atoms with Crippen molar-refractivity contribution < 1.29 is 8.76 Å². The van der Waals surface area contributed by atoms with E-state index in [0.717, 1.165) is 5.92 Å². The minimum atomic E-state index is -2.36. The van der Waals surface area contributed by atoms with E-state index < -0.39 is 11.3 Å². The highest BCUT2D eigenvalue weighted by molar-refractivity contribution is 7.76. The Bertz CT molecular complexity index is 195. The van der Waals surface area contributed by atoms with Crippen LogP contribution in [-0.2, 0) is 11.3 Å². The van der Waals surface area contributed by atoms with Crippen molar-refractivity contribution in [1.29, 1.82) is 0 Å². The minimum Gasteiger partial charge on any atom is -0.760 e. The zero-order valence-corrected chi connectivity index (χ0v) is 14.7. The van der Waals surface area contributed by atoms with Crippen molar-refractivity contribution in [1.82, 2.24) is 0 Å². The number of hydrogen-bond donors (Lipinski definition) is 1. The van der Waals surface area contributed by atoms with Crippen molar-refractivity contribution >= 4 is 11.3 Å². The molecule has 0 rings (SSSR count). The zero-order chi connectivity index (χ0) is 15.6. The molecule has 0 aromatic rings. The molecule has 4 heteroatoms. The largest absolute Gasteiger partial charge is 0.760 e. The molecule has 0 amide bonds. The molecule has 0 aromatic carbocycles. The first-order valence-electron chi connectivity index (χ1n) is 8.34. The Morgan fingerprint density at radius 2 is 1.15 bits per heavy atom. The van der Waals surface area contributed by atoms with Crippen molar-refractivity contribution in [3.8, 4) is 0 Å². The Balaban J connectivity index is 0. The van der Waals surface area contributed by atoms with Gasteiger partial charge in [-0.25, -0.2) is 0 Å². The van der Waals surface area contributed by atoms with Gasteiger partial charge in [0.1, 0.15) is 0 Å². The lowest BCUT2D eigenvalue weighted by Gasteiger charge is -2.04. The average molecular weight is 307 g/mol. The lowest BCUT2D eigenvalue weighted by molar-refractivity contribution is 0.504. The van der Waals surface area contributed by atoms with Crippen LogP contribution in [-0.4, -0.2) is 8.76 Å². The van der Waals surface area contributed by atoms with Gasteiger partial charge in [0.2, 0.25) is 0 Å². The third-order valence-corrected chi connectivity index (χ3v) is 3.39. The van der Waals surface area contributed by atoms with E-state index in [2.05, 4.69) is 25.9 Å². The van der Waals surface area contributed by atoms with Crippen molar-refractivity contribution in [2.24, 2.45) is 11.1 Å². The zero-order valence-electron chi connectivity index (χ0n) is 13.9. The summed E-state index contributed by atoms with van der Waals surface area (Å²) in [6, 6.07) is 0. The molecule has 0 aliphatic rings. The Morgan fingerprint density at radius 3 is 1.45 bits per heavy atom. The van der Waals surface area contributed by atoms with Gasteiger partial charge in [0, 0.05) is 11.3 Å². The van der Waals surface area contributed by atoms with Gasteiger partial charge < -0.3 is 4.55 Å². The summed E-state index contributed by atoms with van der Waals surface area (Å²) in [5, 5.41) is 4.03. The smallest absolute Gasteiger partial charge is 0.0152 e. The van der Waals surface area contributed by atoms with Crippen LogP contribution < -0.4 is 5.14 Å².